The number of para-hydroxylation sites is 2. The van der Waals surface area contributed by atoms with Crippen LogP contribution in [0.1, 0.15) is 31.2 Å². The maximum atomic E-state index is 12.8. The number of primary amides is 1. The van der Waals surface area contributed by atoms with E-state index in [9.17, 15) is 9.59 Å². The first-order chi connectivity index (χ1) is 14.0. The van der Waals surface area contributed by atoms with E-state index in [1.54, 1.807) is 24.3 Å². The average molecular weight is 410 g/mol. The van der Waals surface area contributed by atoms with Gasteiger partial charge in [0.2, 0.25) is 0 Å². The third kappa shape index (κ3) is 4.94. The van der Waals surface area contributed by atoms with Crippen LogP contribution in [0.25, 0.3) is 0 Å². The molecule has 2 amide bonds. The number of anilines is 1. The Labute approximate surface area is 173 Å². The molecule has 0 atom stereocenters. The minimum Gasteiger partial charge on any atom is -0.490 e. The number of amides is 2. The van der Waals surface area contributed by atoms with Crippen LogP contribution in [0.5, 0.6) is 11.5 Å². The normalized spacial score (nSPS) is 10.4. The van der Waals surface area contributed by atoms with Gasteiger partial charge in [0.1, 0.15) is 29.7 Å². The first-order valence-electron chi connectivity index (χ1n) is 9.08. The molecule has 29 heavy (non-hydrogen) atoms. The van der Waals surface area contributed by atoms with Gasteiger partial charge in [-0.25, -0.2) is 0 Å². The van der Waals surface area contributed by atoms with Crippen molar-refractivity contribution in [3.8, 4) is 11.5 Å². The van der Waals surface area contributed by atoms with E-state index in [0.717, 1.165) is 16.2 Å². The summed E-state index contributed by atoms with van der Waals surface area (Å²) in [6, 6.07) is 16.4. The fraction of sp³-hybridized carbons (Fsp3) is 0.182. The summed E-state index contributed by atoms with van der Waals surface area (Å²) in [4.78, 5) is 25.5. The molecule has 150 valence electrons. The molecule has 7 heteroatoms. The van der Waals surface area contributed by atoms with Crippen molar-refractivity contribution in [1.29, 1.82) is 0 Å². The molecular weight excluding hydrogens is 388 g/mol. The second-order valence-corrected chi connectivity index (χ2v) is 7.54. The third-order valence-electron chi connectivity index (χ3n) is 4.34. The Morgan fingerprint density at radius 1 is 0.966 bits per heavy atom. The van der Waals surface area contributed by atoms with Gasteiger partial charge in [0.25, 0.3) is 11.8 Å². The molecule has 0 aliphatic heterocycles. The molecule has 3 aromatic rings. The van der Waals surface area contributed by atoms with Crippen LogP contribution >= 0.6 is 11.3 Å². The molecule has 0 spiro atoms. The number of nitrogens with two attached hydrogens (primary N) is 1. The first kappa shape index (κ1) is 20.4. The van der Waals surface area contributed by atoms with Crippen LogP contribution in [0.2, 0.25) is 0 Å². The smallest absolute Gasteiger partial charge is 0.260 e. The lowest BCUT2D eigenvalue weighted by atomic mass is 10.1. The SMILES string of the molecule is Cc1sc(NC(=O)c2ccccc2OCCOc2ccccc2)c(C(N)=O)c1C. The van der Waals surface area contributed by atoms with Crippen LogP contribution in [0.4, 0.5) is 5.00 Å². The Morgan fingerprint density at radius 3 is 2.34 bits per heavy atom. The summed E-state index contributed by atoms with van der Waals surface area (Å²) in [5.41, 5.74) is 6.97. The second kappa shape index (κ2) is 9.25. The number of carbonyl (C=O) groups excluding carboxylic acids is 2. The third-order valence-corrected chi connectivity index (χ3v) is 5.47. The summed E-state index contributed by atoms with van der Waals surface area (Å²) < 4.78 is 11.4. The fourth-order valence-electron chi connectivity index (χ4n) is 2.79. The predicted molar refractivity (Wildman–Crippen MR) is 114 cm³/mol. The highest BCUT2D eigenvalue weighted by Gasteiger charge is 2.21. The molecular formula is C22H22N2O4S. The molecule has 2 aromatic carbocycles. The Bertz CT molecular complexity index is 1010. The lowest BCUT2D eigenvalue weighted by Crippen LogP contribution is -2.18. The van der Waals surface area contributed by atoms with Gasteiger partial charge in [-0.1, -0.05) is 30.3 Å². The lowest BCUT2D eigenvalue weighted by molar-refractivity contribution is 0.100. The van der Waals surface area contributed by atoms with Crippen molar-refractivity contribution in [2.24, 2.45) is 5.73 Å². The molecule has 0 saturated carbocycles. The van der Waals surface area contributed by atoms with Crippen LogP contribution in [0, 0.1) is 13.8 Å². The Kier molecular flexibility index (Phi) is 6.51. The summed E-state index contributed by atoms with van der Waals surface area (Å²) in [6.45, 7) is 4.31. The lowest BCUT2D eigenvalue weighted by Gasteiger charge is -2.12. The van der Waals surface area contributed by atoms with Crippen molar-refractivity contribution in [3.05, 3.63) is 76.2 Å². The zero-order chi connectivity index (χ0) is 20.8. The monoisotopic (exact) mass is 410 g/mol. The van der Waals surface area contributed by atoms with Gasteiger partial charge in [0.15, 0.2) is 0 Å². The standard InChI is InChI=1S/C22H22N2O4S/c1-14-15(2)29-22(19(14)20(23)25)24-21(26)17-10-6-7-11-18(17)28-13-12-27-16-8-4-3-5-9-16/h3-11H,12-13H2,1-2H3,(H2,23,25)(H,24,26). The van der Waals surface area contributed by atoms with Crippen molar-refractivity contribution in [2.45, 2.75) is 13.8 Å². The van der Waals surface area contributed by atoms with E-state index in [0.29, 0.717) is 28.5 Å². The van der Waals surface area contributed by atoms with Crippen molar-refractivity contribution >= 4 is 28.2 Å². The maximum Gasteiger partial charge on any atom is 0.260 e. The molecule has 0 radical (unpaired) electrons. The number of ether oxygens (including phenoxy) is 2. The van der Waals surface area contributed by atoms with Gasteiger partial charge >= 0.3 is 0 Å². The first-order valence-corrected chi connectivity index (χ1v) is 9.90. The molecule has 0 saturated heterocycles. The highest BCUT2D eigenvalue weighted by atomic mass is 32.1. The highest BCUT2D eigenvalue weighted by molar-refractivity contribution is 7.16. The van der Waals surface area contributed by atoms with Crippen molar-refractivity contribution in [2.75, 3.05) is 18.5 Å². The van der Waals surface area contributed by atoms with Crippen LogP contribution < -0.4 is 20.5 Å². The average Bonchev–Trinajstić information content (AvgIpc) is 2.99. The molecule has 1 heterocycles. The zero-order valence-electron chi connectivity index (χ0n) is 16.2. The molecule has 3 rings (SSSR count). The molecule has 0 aliphatic rings. The van der Waals surface area contributed by atoms with Gasteiger partial charge in [-0.3, -0.25) is 9.59 Å². The topological polar surface area (TPSA) is 90.7 Å². The van der Waals surface area contributed by atoms with Crippen LogP contribution in [0.15, 0.2) is 54.6 Å². The fourth-order valence-corrected chi connectivity index (χ4v) is 3.85. The van der Waals surface area contributed by atoms with Gasteiger partial charge in [0, 0.05) is 4.88 Å². The Balaban J connectivity index is 1.67. The second-order valence-electron chi connectivity index (χ2n) is 6.31. The number of benzene rings is 2. The molecule has 0 unspecified atom stereocenters. The van der Waals surface area contributed by atoms with E-state index in [2.05, 4.69) is 5.32 Å². The van der Waals surface area contributed by atoms with Gasteiger partial charge in [-0.15, -0.1) is 11.3 Å². The van der Waals surface area contributed by atoms with Gasteiger partial charge in [-0.2, -0.15) is 0 Å². The summed E-state index contributed by atoms with van der Waals surface area (Å²) >= 11 is 1.32. The van der Waals surface area contributed by atoms with E-state index in [4.69, 9.17) is 15.2 Å². The van der Waals surface area contributed by atoms with Crippen molar-refractivity contribution in [1.82, 2.24) is 0 Å². The van der Waals surface area contributed by atoms with E-state index in [1.807, 2.05) is 44.2 Å². The summed E-state index contributed by atoms with van der Waals surface area (Å²) in [5.74, 6) is 0.259. The number of rotatable bonds is 8. The minimum absolute atomic E-state index is 0.281. The molecule has 3 N–H and O–H groups in total. The van der Waals surface area contributed by atoms with Crippen molar-refractivity contribution in [3.63, 3.8) is 0 Å². The Morgan fingerprint density at radius 2 is 1.62 bits per heavy atom. The number of nitrogens with one attached hydrogen (secondary N) is 1. The molecule has 0 aliphatic carbocycles. The number of aryl methyl sites for hydroxylation is 1. The number of hydrogen-bond donors (Lipinski definition) is 2. The van der Waals surface area contributed by atoms with E-state index >= 15 is 0 Å². The largest absolute Gasteiger partial charge is 0.490 e. The molecule has 0 fully saturated rings. The summed E-state index contributed by atoms with van der Waals surface area (Å²) in [7, 11) is 0. The summed E-state index contributed by atoms with van der Waals surface area (Å²) in [5, 5.41) is 3.24. The van der Waals surface area contributed by atoms with Crippen molar-refractivity contribution < 1.29 is 19.1 Å². The maximum absolute atomic E-state index is 12.8. The molecule has 0 bridgehead atoms. The van der Waals surface area contributed by atoms with Gasteiger partial charge in [0.05, 0.1) is 11.1 Å². The highest BCUT2D eigenvalue weighted by Crippen LogP contribution is 2.33. The van der Waals surface area contributed by atoms with E-state index in [1.165, 1.54) is 11.3 Å². The van der Waals surface area contributed by atoms with E-state index < -0.39 is 5.91 Å². The predicted octanol–water partition coefficient (Wildman–Crippen LogP) is 4.17. The quantitative estimate of drug-likeness (QED) is 0.545. The Hall–Kier alpha value is -3.32. The van der Waals surface area contributed by atoms with Crippen LogP contribution in [0.3, 0.4) is 0 Å². The van der Waals surface area contributed by atoms with Crippen LogP contribution in [-0.2, 0) is 0 Å². The van der Waals surface area contributed by atoms with Gasteiger partial charge < -0.3 is 20.5 Å². The van der Waals surface area contributed by atoms with Gasteiger partial charge in [-0.05, 0) is 43.7 Å². The number of carbonyl (C=O) groups is 2. The number of thiophene rings is 1. The number of hydrogen-bond acceptors (Lipinski definition) is 5. The van der Waals surface area contributed by atoms with Crippen LogP contribution in [-0.4, -0.2) is 25.0 Å². The minimum atomic E-state index is -0.565. The zero-order valence-corrected chi connectivity index (χ0v) is 17.0. The van der Waals surface area contributed by atoms with E-state index in [-0.39, 0.29) is 12.5 Å². The molecule has 6 nitrogen and oxygen atoms in total. The summed E-state index contributed by atoms with van der Waals surface area (Å²) in [6.07, 6.45) is 0. The molecule has 1 aromatic heterocycles.